The third kappa shape index (κ3) is 3.61. The molecule has 3 heterocycles. The van der Waals surface area contributed by atoms with E-state index in [4.69, 9.17) is 0 Å². The summed E-state index contributed by atoms with van der Waals surface area (Å²) >= 11 is 1.90. The number of piperidine rings is 1. The summed E-state index contributed by atoms with van der Waals surface area (Å²) in [4.78, 5) is 32.8. The molecule has 0 radical (unpaired) electrons. The van der Waals surface area contributed by atoms with Crippen molar-refractivity contribution in [2.75, 3.05) is 31.1 Å². The average Bonchev–Trinajstić information content (AvgIpc) is 2.58. The van der Waals surface area contributed by atoms with Gasteiger partial charge in [-0.25, -0.2) is 0 Å². The molecule has 3 rings (SSSR count). The molecule has 0 aromatic carbocycles. The van der Waals surface area contributed by atoms with Crippen LogP contribution in [0.5, 0.6) is 0 Å². The van der Waals surface area contributed by atoms with Crippen LogP contribution in [0.1, 0.15) is 18.5 Å². The summed E-state index contributed by atoms with van der Waals surface area (Å²) in [6, 6.07) is 5.70. The van der Waals surface area contributed by atoms with Crippen molar-refractivity contribution in [2.24, 2.45) is 5.92 Å². The summed E-state index contributed by atoms with van der Waals surface area (Å²) in [5.74, 6) is 2.34. The molecule has 0 saturated carbocycles. The van der Waals surface area contributed by atoms with Crippen LogP contribution in [0.2, 0.25) is 0 Å². The van der Waals surface area contributed by atoms with E-state index in [1.54, 1.807) is 11.1 Å². The molecule has 2 aliphatic heterocycles. The molecule has 2 aliphatic rings. The maximum Gasteiger partial charge on any atom is 0.227 e. The minimum absolute atomic E-state index is 0.0514. The number of hydrogen-bond acceptors (Lipinski definition) is 4. The van der Waals surface area contributed by atoms with E-state index in [2.05, 4.69) is 4.98 Å². The van der Waals surface area contributed by atoms with E-state index in [0.29, 0.717) is 25.9 Å². The number of aromatic nitrogens is 1. The maximum absolute atomic E-state index is 12.6. The highest BCUT2D eigenvalue weighted by molar-refractivity contribution is 7.99. The summed E-state index contributed by atoms with van der Waals surface area (Å²) in [6.45, 7) is 2.71. The molecule has 118 valence electrons. The van der Waals surface area contributed by atoms with E-state index in [1.165, 1.54) is 0 Å². The number of nitrogens with zero attached hydrogens (tertiary/aromatic N) is 3. The fourth-order valence-corrected chi connectivity index (χ4v) is 3.90. The van der Waals surface area contributed by atoms with Crippen molar-refractivity contribution in [1.29, 1.82) is 0 Å². The largest absolute Gasteiger partial charge is 0.341 e. The van der Waals surface area contributed by atoms with E-state index in [0.717, 1.165) is 30.3 Å². The van der Waals surface area contributed by atoms with Crippen LogP contribution in [-0.2, 0) is 16.1 Å². The van der Waals surface area contributed by atoms with Gasteiger partial charge in [0.1, 0.15) is 0 Å². The zero-order chi connectivity index (χ0) is 15.4. The van der Waals surface area contributed by atoms with Gasteiger partial charge in [-0.2, -0.15) is 11.8 Å². The lowest BCUT2D eigenvalue weighted by Gasteiger charge is -2.35. The molecule has 0 N–H and O–H groups in total. The van der Waals surface area contributed by atoms with Crippen molar-refractivity contribution in [3.05, 3.63) is 30.1 Å². The molecule has 22 heavy (non-hydrogen) atoms. The standard InChI is InChI=1S/C16H21N3O2S/c20-15-5-4-13(16(21)18-7-9-22-10-8-18)11-19(15)12-14-3-1-2-6-17-14/h1-3,6,13H,4-5,7-12H2/t13-/m1/s1. The third-order valence-corrected chi connectivity index (χ3v) is 5.19. The van der Waals surface area contributed by atoms with E-state index >= 15 is 0 Å². The van der Waals surface area contributed by atoms with Crippen molar-refractivity contribution < 1.29 is 9.59 Å². The Morgan fingerprint density at radius 3 is 2.86 bits per heavy atom. The van der Waals surface area contributed by atoms with Gasteiger partial charge in [-0.15, -0.1) is 0 Å². The first-order valence-electron chi connectivity index (χ1n) is 7.78. The third-order valence-electron chi connectivity index (χ3n) is 4.25. The van der Waals surface area contributed by atoms with Crippen LogP contribution in [0.15, 0.2) is 24.4 Å². The monoisotopic (exact) mass is 319 g/mol. The molecular formula is C16H21N3O2S. The molecule has 2 fully saturated rings. The summed E-state index contributed by atoms with van der Waals surface area (Å²) < 4.78 is 0. The van der Waals surface area contributed by atoms with Crippen LogP contribution < -0.4 is 0 Å². The highest BCUT2D eigenvalue weighted by atomic mass is 32.2. The molecule has 2 saturated heterocycles. The Labute approximate surface area is 135 Å². The second-order valence-corrected chi connectivity index (χ2v) is 6.99. The number of carbonyl (C=O) groups is 2. The van der Waals surface area contributed by atoms with E-state index in [1.807, 2.05) is 34.9 Å². The highest BCUT2D eigenvalue weighted by Gasteiger charge is 2.33. The van der Waals surface area contributed by atoms with Gasteiger partial charge < -0.3 is 9.80 Å². The topological polar surface area (TPSA) is 53.5 Å². The average molecular weight is 319 g/mol. The number of rotatable bonds is 3. The lowest BCUT2D eigenvalue weighted by atomic mass is 9.95. The predicted molar refractivity (Wildman–Crippen MR) is 86.3 cm³/mol. The van der Waals surface area contributed by atoms with Crippen molar-refractivity contribution in [3.63, 3.8) is 0 Å². The smallest absolute Gasteiger partial charge is 0.227 e. The Hall–Kier alpha value is -1.56. The first-order valence-corrected chi connectivity index (χ1v) is 8.94. The lowest BCUT2D eigenvalue weighted by molar-refractivity contribution is -0.143. The number of pyridine rings is 1. The Kier molecular flexibility index (Phi) is 4.97. The number of hydrogen-bond donors (Lipinski definition) is 0. The molecule has 6 heteroatoms. The van der Waals surface area contributed by atoms with Crippen LogP contribution >= 0.6 is 11.8 Å². The van der Waals surface area contributed by atoms with Gasteiger partial charge in [0.15, 0.2) is 0 Å². The number of carbonyl (C=O) groups excluding carboxylic acids is 2. The van der Waals surface area contributed by atoms with Gasteiger partial charge in [-0.05, 0) is 18.6 Å². The highest BCUT2D eigenvalue weighted by Crippen LogP contribution is 2.22. The quantitative estimate of drug-likeness (QED) is 0.845. The molecule has 1 aromatic rings. The summed E-state index contributed by atoms with van der Waals surface area (Å²) in [5, 5.41) is 0. The number of thioether (sulfide) groups is 1. The lowest BCUT2D eigenvalue weighted by Crippen LogP contribution is -2.48. The first kappa shape index (κ1) is 15.3. The summed E-state index contributed by atoms with van der Waals surface area (Å²) in [7, 11) is 0. The second-order valence-electron chi connectivity index (χ2n) is 5.77. The van der Waals surface area contributed by atoms with Crippen LogP contribution in [0.4, 0.5) is 0 Å². The predicted octanol–water partition coefficient (Wildman–Crippen LogP) is 1.40. The van der Waals surface area contributed by atoms with Crippen LogP contribution in [-0.4, -0.2) is 57.7 Å². The van der Waals surface area contributed by atoms with Crippen LogP contribution in [0.3, 0.4) is 0 Å². The van der Waals surface area contributed by atoms with E-state index in [-0.39, 0.29) is 17.7 Å². The maximum atomic E-state index is 12.6. The number of likely N-dealkylation sites (tertiary alicyclic amines) is 1. The zero-order valence-electron chi connectivity index (χ0n) is 12.6. The van der Waals surface area contributed by atoms with Crippen LogP contribution in [0.25, 0.3) is 0 Å². The van der Waals surface area contributed by atoms with Crippen molar-refractivity contribution in [3.8, 4) is 0 Å². The van der Waals surface area contributed by atoms with Crippen molar-refractivity contribution >= 4 is 23.6 Å². The second kappa shape index (κ2) is 7.13. The molecule has 0 aliphatic carbocycles. The normalized spacial score (nSPS) is 22.7. The fourth-order valence-electron chi connectivity index (χ4n) is 3.00. The fraction of sp³-hybridized carbons (Fsp3) is 0.562. The van der Waals surface area contributed by atoms with Gasteiger partial charge in [-0.1, -0.05) is 6.07 Å². The minimum atomic E-state index is -0.0514. The molecule has 0 spiro atoms. The summed E-state index contributed by atoms with van der Waals surface area (Å²) in [6.07, 6.45) is 2.88. The Morgan fingerprint density at radius 2 is 2.14 bits per heavy atom. The SMILES string of the molecule is O=C1CC[C@@H](C(=O)N2CCSCC2)CN1Cc1ccccn1. The Balaban J connectivity index is 1.62. The zero-order valence-corrected chi connectivity index (χ0v) is 13.4. The molecule has 0 unspecified atom stereocenters. The molecule has 0 bridgehead atoms. The summed E-state index contributed by atoms with van der Waals surface area (Å²) in [5.41, 5.74) is 0.873. The van der Waals surface area contributed by atoms with Gasteiger partial charge in [0, 0.05) is 43.8 Å². The van der Waals surface area contributed by atoms with Crippen LogP contribution in [0, 0.1) is 5.92 Å². The van der Waals surface area contributed by atoms with Crippen molar-refractivity contribution in [1.82, 2.24) is 14.8 Å². The molecular weight excluding hydrogens is 298 g/mol. The minimum Gasteiger partial charge on any atom is -0.341 e. The number of amides is 2. The Morgan fingerprint density at radius 1 is 1.32 bits per heavy atom. The van der Waals surface area contributed by atoms with Gasteiger partial charge >= 0.3 is 0 Å². The molecule has 5 nitrogen and oxygen atoms in total. The molecule has 1 atom stereocenters. The van der Waals surface area contributed by atoms with Gasteiger partial charge in [0.2, 0.25) is 11.8 Å². The van der Waals surface area contributed by atoms with E-state index < -0.39 is 0 Å². The van der Waals surface area contributed by atoms with E-state index in [9.17, 15) is 9.59 Å². The molecule has 2 amide bonds. The molecule has 1 aromatic heterocycles. The van der Waals surface area contributed by atoms with Gasteiger partial charge in [0.05, 0.1) is 18.2 Å². The first-order chi connectivity index (χ1) is 10.7. The van der Waals surface area contributed by atoms with Crippen molar-refractivity contribution in [2.45, 2.75) is 19.4 Å². The van der Waals surface area contributed by atoms with Gasteiger partial charge in [0.25, 0.3) is 0 Å². The Bertz CT molecular complexity index is 531. The van der Waals surface area contributed by atoms with Gasteiger partial charge in [-0.3, -0.25) is 14.6 Å².